The fourth-order valence-electron chi connectivity index (χ4n) is 2.23. The minimum Gasteiger partial charge on any atom is -0.351 e. The molecule has 1 amide bonds. The van der Waals surface area contributed by atoms with E-state index in [9.17, 15) is 4.79 Å². The van der Waals surface area contributed by atoms with Gasteiger partial charge in [-0.05, 0) is 49.2 Å². The predicted octanol–water partition coefficient (Wildman–Crippen LogP) is 4.69. The van der Waals surface area contributed by atoms with E-state index in [1.165, 1.54) is 0 Å². The number of anilines is 1. The van der Waals surface area contributed by atoms with Crippen molar-refractivity contribution in [1.29, 1.82) is 0 Å². The molecule has 3 nitrogen and oxygen atoms in total. The molecule has 0 atom stereocenters. The van der Waals surface area contributed by atoms with E-state index in [1.54, 1.807) is 6.07 Å². The fourth-order valence-corrected chi connectivity index (χ4v) is 2.41. The van der Waals surface area contributed by atoms with E-state index in [4.69, 9.17) is 11.6 Å². The largest absolute Gasteiger partial charge is 0.351 e. The number of nitrogens with one attached hydrogen (secondary N) is 2. The zero-order chi connectivity index (χ0) is 15.0. The van der Waals surface area contributed by atoms with E-state index in [-0.39, 0.29) is 5.91 Å². The van der Waals surface area contributed by atoms with Gasteiger partial charge in [0.15, 0.2) is 0 Å². The predicted molar refractivity (Wildman–Crippen MR) is 87.2 cm³/mol. The zero-order valence-corrected chi connectivity index (χ0v) is 12.6. The number of fused-ring (bicyclic) bond motifs is 1. The third-order valence-corrected chi connectivity index (χ3v) is 3.86. The maximum Gasteiger partial charge on any atom is 0.272 e. The van der Waals surface area contributed by atoms with Gasteiger partial charge in [-0.2, -0.15) is 0 Å². The molecule has 2 N–H and O–H groups in total. The van der Waals surface area contributed by atoms with Gasteiger partial charge in [0.1, 0.15) is 5.69 Å². The highest BCUT2D eigenvalue weighted by Gasteiger charge is 2.10. The number of carbonyl (C=O) groups is 1. The van der Waals surface area contributed by atoms with Crippen molar-refractivity contribution < 1.29 is 4.79 Å². The summed E-state index contributed by atoms with van der Waals surface area (Å²) < 4.78 is 0. The third-order valence-electron chi connectivity index (χ3n) is 3.45. The summed E-state index contributed by atoms with van der Waals surface area (Å²) in [5.41, 5.74) is 4.32. The Hall–Kier alpha value is -2.26. The second-order valence-corrected chi connectivity index (χ2v) is 5.60. The molecule has 3 rings (SSSR count). The molecule has 106 valence electrons. The van der Waals surface area contributed by atoms with Gasteiger partial charge in [0, 0.05) is 21.6 Å². The summed E-state index contributed by atoms with van der Waals surface area (Å²) in [7, 11) is 0. The number of aromatic amines is 1. The molecule has 3 aromatic rings. The first-order valence-corrected chi connectivity index (χ1v) is 7.07. The second kappa shape index (κ2) is 5.26. The number of amides is 1. The van der Waals surface area contributed by atoms with Crippen molar-refractivity contribution in [2.75, 3.05) is 5.32 Å². The minimum atomic E-state index is -0.177. The number of hydrogen-bond acceptors (Lipinski definition) is 1. The van der Waals surface area contributed by atoms with E-state index in [0.717, 1.165) is 22.0 Å². The maximum atomic E-state index is 12.3. The SMILES string of the molecule is Cc1ccc2cc(C(=O)Nc3ccc(C)c(Cl)c3)[nH]c2c1. The molecule has 0 bridgehead atoms. The van der Waals surface area contributed by atoms with Crippen LogP contribution in [0, 0.1) is 13.8 Å². The number of halogens is 1. The summed E-state index contributed by atoms with van der Waals surface area (Å²) in [6.45, 7) is 3.95. The summed E-state index contributed by atoms with van der Waals surface area (Å²) in [5, 5.41) is 4.51. The number of H-pyrrole nitrogens is 1. The topological polar surface area (TPSA) is 44.9 Å². The monoisotopic (exact) mass is 298 g/mol. The lowest BCUT2D eigenvalue weighted by Crippen LogP contribution is -2.12. The normalized spacial score (nSPS) is 10.8. The molecule has 0 aliphatic carbocycles. The Morgan fingerprint density at radius 1 is 1.10 bits per heavy atom. The molecule has 2 aromatic carbocycles. The molecule has 0 spiro atoms. The number of rotatable bonds is 2. The van der Waals surface area contributed by atoms with Crippen molar-refractivity contribution in [2.45, 2.75) is 13.8 Å². The van der Waals surface area contributed by atoms with Crippen LogP contribution in [-0.2, 0) is 0 Å². The van der Waals surface area contributed by atoms with Crippen molar-refractivity contribution >= 4 is 34.1 Å². The van der Waals surface area contributed by atoms with E-state index < -0.39 is 0 Å². The highest BCUT2D eigenvalue weighted by atomic mass is 35.5. The third kappa shape index (κ3) is 2.78. The van der Waals surface area contributed by atoms with Crippen LogP contribution < -0.4 is 5.32 Å². The first-order valence-electron chi connectivity index (χ1n) is 6.70. The highest BCUT2D eigenvalue weighted by Crippen LogP contribution is 2.21. The molecular formula is C17H15ClN2O. The quantitative estimate of drug-likeness (QED) is 0.708. The average molecular weight is 299 g/mol. The Labute approximate surface area is 127 Å². The van der Waals surface area contributed by atoms with Crippen molar-refractivity contribution in [3.63, 3.8) is 0 Å². The molecule has 0 aliphatic rings. The summed E-state index contributed by atoms with van der Waals surface area (Å²) in [5.74, 6) is -0.177. The molecule has 0 saturated carbocycles. The molecule has 0 radical (unpaired) electrons. The van der Waals surface area contributed by atoms with Crippen molar-refractivity contribution in [3.8, 4) is 0 Å². The second-order valence-electron chi connectivity index (χ2n) is 5.19. The first-order chi connectivity index (χ1) is 10.0. The Balaban J connectivity index is 1.87. The number of hydrogen-bond donors (Lipinski definition) is 2. The average Bonchev–Trinajstić information content (AvgIpc) is 2.86. The smallest absolute Gasteiger partial charge is 0.272 e. The Morgan fingerprint density at radius 2 is 1.90 bits per heavy atom. The van der Waals surface area contributed by atoms with Crippen LogP contribution in [0.15, 0.2) is 42.5 Å². The molecule has 1 aromatic heterocycles. The molecule has 0 fully saturated rings. The molecule has 1 heterocycles. The number of aryl methyl sites for hydroxylation is 2. The van der Waals surface area contributed by atoms with Crippen LogP contribution in [0.4, 0.5) is 5.69 Å². The van der Waals surface area contributed by atoms with E-state index in [2.05, 4.69) is 10.3 Å². The Morgan fingerprint density at radius 3 is 2.67 bits per heavy atom. The Bertz CT molecular complexity index is 836. The van der Waals surface area contributed by atoms with Crippen LogP contribution in [0.1, 0.15) is 21.6 Å². The van der Waals surface area contributed by atoms with Crippen molar-refractivity contribution in [2.24, 2.45) is 0 Å². The molecule has 0 saturated heterocycles. The fraction of sp³-hybridized carbons (Fsp3) is 0.118. The molecular weight excluding hydrogens is 284 g/mol. The summed E-state index contributed by atoms with van der Waals surface area (Å²) in [6, 6.07) is 13.4. The van der Waals surface area contributed by atoms with Gasteiger partial charge in [-0.25, -0.2) is 0 Å². The summed E-state index contributed by atoms with van der Waals surface area (Å²) >= 11 is 6.07. The van der Waals surface area contributed by atoms with E-state index in [1.807, 2.05) is 50.2 Å². The van der Waals surface area contributed by atoms with Gasteiger partial charge in [-0.1, -0.05) is 29.8 Å². The van der Waals surface area contributed by atoms with Gasteiger partial charge in [0.05, 0.1) is 0 Å². The first kappa shape index (κ1) is 13.7. The van der Waals surface area contributed by atoms with Gasteiger partial charge in [-0.3, -0.25) is 4.79 Å². The number of benzene rings is 2. The lowest BCUT2D eigenvalue weighted by molar-refractivity contribution is 0.102. The number of aromatic nitrogens is 1. The molecule has 0 unspecified atom stereocenters. The van der Waals surface area contributed by atoms with Crippen LogP contribution in [0.5, 0.6) is 0 Å². The lowest BCUT2D eigenvalue weighted by Gasteiger charge is -2.05. The maximum absolute atomic E-state index is 12.3. The van der Waals surface area contributed by atoms with E-state index in [0.29, 0.717) is 16.4 Å². The summed E-state index contributed by atoms with van der Waals surface area (Å²) in [6.07, 6.45) is 0. The Kier molecular flexibility index (Phi) is 3.43. The van der Waals surface area contributed by atoms with Gasteiger partial charge in [0.2, 0.25) is 0 Å². The van der Waals surface area contributed by atoms with Crippen LogP contribution >= 0.6 is 11.6 Å². The van der Waals surface area contributed by atoms with Crippen molar-refractivity contribution in [1.82, 2.24) is 4.98 Å². The van der Waals surface area contributed by atoms with Crippen LogP contribution in [0.3, 0.4) is 0 Å². The van der Waals surface area contributed by atoms with Crippen LogP contribution in [0.2, 0.25) is 5.02 Å². The van der Waals surface area contributed by atoms with Crippen LogP contribution in [0.25, 0.3) is 10.9 Å². The zero-order valence-electron chi connectivity index (χ0n) is 11.8. The lowest BCUT2D eigenvalue weighted by atomic mass is 10.2. The molecule has 0 aliphatic heterocycles. The van der Waals surface area contributed by atoms with Gasteiger partial charge < -0.3 is 10.3 Å². The van der Waals surface area contributed by atoms with Crippen LogP contribution in [-0.4, -0.2) is 10.9 Å². The van der Waals surface area contributed by atoms with Crippen molar-refractivity contribution in [3.05, 3.63) is 64.3 Å². The number of carbonyl (C=O) groups excluding carboxylic acids is 1. The summed E-state index contributed by atoms with van der Waals surface area (Å²) in [4.78, 5) is 15.4. The standard InChI is InChI=1S/C17H15ClN2O/c1-10-3-5-12-8-16(20-15(12)7-10)17(21)19-13-6-4-11(2)14(18)9-13/h3-9,20H,1-2H3,(H,19,21). The van der Waals surface area contributed by atoms with Gasteiger partial charge in [-0.15, -0.1) is 0 Å². The van der Waals surface area contributed by atoms with E-state index >= 15 is 0 Å². The highest BCUT2D eigenvalue weighted by molar-refractivity contribution is 6.31. The minimum absolute atomic E-state index is 0.177. The molecule has 4 heteroatoms. The molecule has 21 heavy (non-hydrogen) atoms. The van der Waals surface area contributed by atoms with Gasteiger partial charge in [0.25, 0.3) is 5.91 Å². The van der Waals surface area contributed by atoms with Gasteiger partial charge >= 0.3 is 0 Å².